The van der Waals surface area contributed by atoms with Crippen LogP contribution < -0.4 is 10.2 Å². The summed E-state index contributed by atoms with van der Waals surface area (Å²) in [5, 5.41) is 8.92. The molecule has 1 unspecified atom stereocenters. The maximum Gasteiger partial charge on any atom is 0.263 e. The van der Waals surface area contributed by atoms with Gasteiger partial charge in [0.2, 0.25) is 5.91 Å². The predicted molar refractivity (Wildman–Crippen MR) is 97.3 cm³/mol. The van der Waals surface area contributed by atoms with Crippen LogP contribution in [0.5, 0.6) is 0 Å². The van der Waals surface area contributed by atoms with Crippen molar-refractivity contribution >= 4 is 44.2 Å². The molecule has 0 bridgehead atoms. The molecule has 1 aromatic carbocycles. The molecule has 0 saturated carbocycles. The Morgan fingerprint density at radius 2 is 2.00 bits per heavy atom. The van der Waals surface area contributed by atoms with Gasteiger partial charge in [-0.15, -0.1) is 11.3 Å². The maximum atomic E-state index is 12.3. The Hall–Kier alpha value is -1.88. The van der Waals surface area contributed by atoms with Crippen molar-refractivity contribution in [3.05, 3.63) is 52.2 Å². The van der Waals surface area contributed by atoms with Crippen LogP contribution >= 0.6 is 23.1 Å². The lowest BCUT2D eigenvalue weighted by Crippen LogP contribution is -2.27. The van der Waals surface area contributed by atoms with Crippen LogP contribution in [0.25, 0.3) is 0 Å². The molecule has 1 amide bonds. The van der Waals surface area contributed by atoms with E-state index in [4.69, 9.17) is 5.21 Å². The van der Waals surface area contributed by atoms with Crippen LogP contribution in [0, 0.1) is 0 Å². The lowest BCUT2D eigenvalue weighted by atomic mass is 10.3. The highest BCUT2D eigenvalue weighted by Gasteiger charge is 2.25. The molecule has 132 valence electrons. The SMILES string of the molecule is O=C(Cc1ccc(C2CSC(NS(=O)(=O)c3ccccc3)=N2)s1)NO. The van der Waals surface area contributed by atoms with Gasteiger partial charge in [0.05, 0.1) is 17.4 Å². The molecule has 25 heavy (non-hydrogen) atoms. The number of sulfonamides is 1. The number of amides is 1. The van der Waals surface area contributed by atoms with Gasteiger partial charge in [-0.2, -0.15) is 0 Å². The molecule has 0 saturated heterocycles. The third-order valence-corrected chi connectivity index (χ3v) is 7.03. The third kappa shape index (κ3) is 4.40. The Morgan fingerprint density at radius 1 is 1.24 bits per heavy atom. The third-order valence-electron chi connectivity index (χ3n) is 3.40. The summed E-state index contributed by atoms with van der Waals surface area (Å²) < 4.78 is 27.2. The number of carbonyl (C=O) groups excluding carboxylic acids is 1. The second kappa shape index (κ2) is 7.56. The molecule has 2 heterocycles. The summed E-state index contributed by atoms with van der Waals surface area (Å²) in [5.41, 5.74) is 1.60. The molecule has 2 aromatic rings. The summed E-state index contributed by atoms with van der Waals surface area (Å²) in [6.07, 6.45) is 0.0955. The van der Waals surface area contributed by atoms with Gasteiger partial charge in [-0.25, -0.2) is 13.9 Å². The topological polar surface area (TPSA) is 108 Å². The van der Waals surface area contributed by atoms with Gasteiger partial charge in [-0.3, -0.25) is 19.7 Å². The van der Waals surface area contributed by atoms with E-state index >= 15 is 0 Å². The first-order valence-electron chi connectivity index (χ1n) is 7.28. The first kappa shape index (κ1) is 17.9. The molecule has 7 nitrogen and oxygen atoms in total. The second-order valence-electron chi connectivity index (χ2n) is 5.20. The lowest BCUT2D eigenvalue weighted by Gasteiger charge is -2.06. The molecule has 1 aromatic heterocycles. The zero-order chi connectivity index (χ0) is 17.9. The highest BCUT2D eigenvalue weighted by atomic mass is 32.2. The van der Waals surface area contributed by atoms with Crippen LogP contribution in [0.1, 0.15) is 15.8 Å². The van der Waals surface area contributed by atoms with Crippen LogP contribution in [-0.4, -0.2) is 30.5 Å². The van der Waals surface area contributed by atoms with Crippen molar-refractivity contribution in [3.8, 4) is 0 Å². The van der Waals surface area contributed by atoms with Gasteiger partial charge in [-0.1, -0.05) is 30.0 Å². The number of amidine groups is 1. The van der Waals surface area contributed by atoms with E-state index in [0.717, 1.165) is 9.75 Å². The molecule has 1 aliphatic heterocycles. The number of thiophene rings is 1. The number of nitrogens with one attached hydrogen (secondary N) is 2. The van der Waals surface area contributed by atoms with E-state index in [1.165, 1.54) is 35.2 Å². The quantitative estimate of drug-likeness (QED) is 0.528. The molecule has 0 radical (unpaired) electrons. The number of thioether (sulfide) groups is 1. The molecule has 10 heteroatoms. The number of hydrogen-bond donors (Lipinski definition) is 3. The van der Waals surface area contributed by atoms with Crippen LogP contribution in [0.3, 0.4) is 0 Å². The average molecular weight is 398 g/mol. The largest absolute Gasteiger partial charge is 0.289 e. The molecular weight excluding hydrogens is 382 g/mol. The van der Waals surface area contributed by atoms with Crippen molar-refractivity contribution < 1.29 is 18.4 Å². The van der Waals surface area contributed by atoms with E-state index in [0.29, 0.717) is 10.9 Å². The van der Waals surface area contributed by atoms with E-state index in [1.54, 1.807) is 23.7 Å². The van der Waals surface area contributed by atoms with E-state index in [-0.39, 0.29) is 17.4 Å². The molecule has 1 aliphatic rings. The molecule has 0 aliphatic carbocycles. The highest BCUT2D eigenvalue weighted by molar-refractivity contribution is 8.15. The molecule has 0 fully saturated rings. The summed E-state index contributed by atoms with van der Waals surface area (Å²) in [5.74, 6) is 0.146. The smallest absolute Gasteiger partial charge is 0.263 e. The zero-order valence-electron chi connectivity index (χ0n) is 12.9. The van der Waals surface area contributed by atoms with Gasteiger partial charge < -0.3 is 0 Å². The van der Waals surface area contributed by atoms with Crippen molar-refractivity contribution in [1.29, 1.82) is 0 Å². The minimum absolute atomic E-state index is 0.0955. The number of hydroxylamine groups is 1. The van der Waals surface area contributed by atoms with E-state index in [2.05, 4.69) is 9.71 Å². The second-order valence-corrected chi connectivity index (χ2v) is 9.09. The number of rotatable bonds is 5. The zero-order valence-corrected chi connectivity index (χ0v) is 15.3. The minimum Gasteiger partial charge on any atom is -0.289 e. The van der Waals surface area contributed by atoms with Gasteiger partial charge >= 0.3 is 0 Å². The number of carbonyl (C=O) groups is 1. The molecular formula is C15H15N3O4S3. The standard InChI is InChI=1S/C15H15N3O4S3/c19-14(17-20)8-10-6-7-13(24-10)12-9-23-15(16-12)18-25(21,22)11-4-2-1-3-5-11/h1-7,12,20H,8-9H2,(H,16,18)(H,17,19). The first-order valence-corrected chi connectivity index (χ1v) is 10.6. The monoisotopic (exact) mass is 397 g/mol. The Morgan fingerprint density at radius 3 is 2.72 bits per heavy atom. The van der Waals surface area contributed by atoms with Crippen molar-refractivity contribution in [2.75, 3.05) is 5.75 Å². The fourth-order valence-electron chi connectivity index (χ4n) is 2.22. The lowest BCUT2D eigenvalue weighted by molar-refractivity contribution is -0.128. The van der Waals surface area contributed by atoms with Crippen LogP contribution in [0.2, 0.25) is 0 Å². The fourth-order valence-corrected chi connectivity index (χ4v) is 5.62. The Kier molecular flexibility index (Phi) is 5.42. The van der Waals surface area contributed by atoms with Gasteiger partial charge in [0.1, 0.15) is 0 Å². The normalized spacial score (nSPS) is 17.2. The maximum absolute atomic E-state index is 12.3. The summed E-state index contributed by atoms with van der Waals surface area (Å²) in [7, 11) is -3.64. The van der Waals surface area contributed by atoms with Crippen molar-refractivity contribution in [2.45, 2.75) is 17.4 Å². The number of nitrogens with zero attached hydrogens (tertiary/aromatic N) is 1. The van der Waals surface area contributed by atoms with Gasteiger partial charge in [-0.05, 0) is 24.3 Å². The van der Waals surface area contributed by atoms with Crippen molar-refractivity contribution in [3.63, 3.8) is 0 Å². The van der Waals surface area contributed by atoms with Crippen LogP contribution in [-0.2, 0) is 21.2 Å². The van der Waals surface area contributed by atoms with Gasteiger partial charge in [0.15, 0.2) is 5.17 Å². The number of benzene rings is 1. The van der Waals surface area contributed by atoms with Crippen LogP contribution in [0.4, 0.5) is 0 Å². The number of hydrogen-bond acceptors (Lipinski definition) is 7. The van der Waals surface area contributed by atoms with Gasteiger partial charge in [0.25, 0.3) is 10.0 Å². The minimum atomic E-state index is -3.64. The van der Waals surface area contributed by atoms with Crippen molar-refractivity contribution in [2.24, 2.45) is 4.99 Å². The number of aliphatic imine (C=N–C) groups is 1. The first-order chi connectivity index (χ1) is 12.0. The summed E-state index contributed by atoms with van der Waals surface area (Å²) in [6, 6.07) is 11.6. The van der Waals surface area contributed by atoms with Crippen molar-refractivity contribution in [1.82, 2.24) is 10.2 Å². The van der Waals surface area contributed by atoms with Crippen LogP contribution in [0.15, 0.2) is 52.4 Å². The molecule has 3 N–H and O–H groups in total. The fraction of sp³-hybridized carbons (Fsp3) is 0.200. The summed E-state index contributed by atoms with van der Waals surface area (Å²) >= 11 is 2.76. The summed E-state index contributed by atoms with van der Waals surface area (Å²) in [4.78, 5) is 17.6. The molecule has 0 spiro atoms. The van der Waals surface area contributed by atoms with E-state index < -0.39 is 15.9 Å². The predicted octanol–water partition coefficient (Wildman–Crippen LogP) is 1.92. The van der Waals surface area contributed by atoms with E-state index in [1.807, 2.05) is 12.1 Å². The molecule has 3 rings (SSSR count). The molecule has 1 atom stereocenters. The Labute approximate surface area is 153 Å². The Balaban J connectivity index is 1.70. The Bertz CT molecular complexity index is 894. The van der Waals surface area contributed by atoms with Gasteiger partial charge in [0, 0.05) is 15.5 Å². The highest BCUT2D eigenvalue weighted by Crippen LogP contribution is 2.34. The average Bonchev–Trinajstić information content (AvgIpc) is 3.24. The van der Waals surface area contributed by atoms with E-state index in [9.17, 15) is 13.2 Å². The summed E-state index contributed by atoms with van der Waals surface area (Å²) in [6.45, 7) is 0.